The topological polar surface area (TPSA) is 94.2 Å². The molecule has 8 nitrogen and oxygen atoms in total. The Morgan fingerprint density at radius 2 is 1.76 bits per heavy atom. The zero-order valence-corrected chi connectivity index (χ0v) is 19.8. The van der Waals surface area contributed by atoms with Gasteiger partial charge in [0.15, 0.2) is 0 Å². The summed E-state index contributed by atoms with van der Waals surface area (Å²) in [5.74, 6) is -0.102. The van der Waals surface area contributed by atoms with E-state index in [1.807, 2.05) is 31.2 Å². The molecule has 9 heteroatoms. The Kier molecular flexibility index (Phi) is 9.83. The molecule has 1 N–H and O–H groups in total. The third kappa shape index (κ3) is 7.90. The number of carbonyl (C=O) groups excluding carboxylic acids is 1. The van der Waals surface area contributed by atoms with Gasteiger partial charge in [-0.1, -0.05) is 24.3 Å². The van der Waals surface area contributed by atoms with E-state index in [0.29, 0.717) is 65.6 Å². The maximum atomic E-state index is 12.7. The van der Waals surface area contributed by atoms with E-state index in [1.165, 1.54) is 4.31 Å². The highest BCUT2D eigenvalue weighted by Crippen LogP contribution is 2.18. The van der Waals surface area contributed by atoms with Crippen molar-refractivity contribution < 1.29 is 27.4 Å². The standard InChI is InChI=1S/C24H32N2O6S/c1-2-30-16-17-32-19-21-4-3-5-22(18-21)25-24(27)11-8-20-6-9-23(10-7-20)33(28,29)26-12-14-31-15-13-26/h3-7,9-10,18H,2,8,11-17,19H2,1H3,(H,25,27). The van der Waals surface area contributed by atoms with Crippen molar-refractivity contribution in [1.82, 2.24) is 4.31 Å². The number of hydrogen-bond donors (Lipinski definition) is 1. The lowest BCUT2D eigenvalue weighted by atomic mass is 10.1. The molecule has 1 aliphatic heterocycles. The normalized spacial score (nSPS) is 14.8. The van der Waals surface area contributed by atoms with Crippen molar-refractivity contribution in [2.24, 2.45) is 0 Å². The summed E-state index contributed by atoms with van der Waals surface area (Å²) in [5, 5.41) is 2.91. The van der Waals surface area contributed by atoms with E-state index in [9.17, 15) is 13.2 Å². The molecule has 2 aromatic rings. The molecular weight excluding hydrogens is 444 g/mol. The lowest BCUT2D eigenvalue weighted by Crippen LogP contribution is -2.40. The molecule has 33 heavy (non-hydrogen) atoms. The molecule has 1 fully saturated rings. The molecule has 0 spiro atoms. The highest BCUT2D eigenvalue weighted by atomic mass is 32.2. The molecular formula is C24H32N2O6S. The number of anilines is 1. The van der Waals surface area contributed by atoms with Crippen LogP contribution in [0.2, 0.25) is 0 Å². The van der Waals surface area contributed by atoms with Crippen molar-refractivity contribution in [2.75, 3.05) is 51.4 Å². The molecule has 0 unspecified atom stereocenters. The quantitative estimate of drug-likeness (QED) is 0.474. The first-order valence-electron chi connectivity index (χ1n) is 11.2. The Morgan fingerprint density at radius 1 is 1.03 bits per heavy atom. The lowest BCUT2D eigenvalue weighted by molar-refractivity contribution is -0.116. The zero-order chi connectivity index (χ0) is 23.5. The van der Waals surface area contributed by atoms with E-state index < -0.39 is 10.0 Å². The fraction of sp³-hybridized carbons (Fsp3) is 0.458. The number of ether oxygens (including phenoxy) is 3. The van der Waals surface area contributed by atoms with Crippen LogP contribution < -0.4 is 5.32 Å². The molecule has 0 aliphatic carbocycles. The van der Waals surface area contributed by atoms with E-state index in [-0.39, 0.29) is 10.8 Å². The van der Waals surface area contributed by atoms with E-state index in [0.717, 1.165) is 16.8 Å². The largest absolute Gasteiger partial charge is 0.379 e. The van der Waals surface area contributed by atoms with E-state index >= 15 is 0 Å². The highest BCUT2D eigenvalue weighted by Gasteiger charge is 2.26. The molecule has 3 rings (SSSR count). The second-order valence-electron chi connectivity index (χ2n) is 7.66. The molecule has 0 radical (unpaired) electrons. The number of nitrogens with one attached hydrogen (secondary N) is 1. The molecule has 0 atom stereocenters. The number of sulfonamides is 1. The second-order valence-corrected chi connectivity index (χ2v) is 9.60. The van der Waals surface area contributed by atoms with Gasteiger partial charge in [-0.3, -0.25) is 4.79 Å². The van der Waals surface area contributed by atoms with Gasteiger partial charge in [-0.15, -0.1) is 0 Å². The van der Waals surface area contributed by atoms with E-state index in [2.05, 4.69) is 5.32 Å². The predicted molar refractivity (Wildman–Crippen MR) is 126 cm³/mol. The van der Waals surface area contributed by atoms with Crippen LogP contribution in [0.15, 0.2) is 53.4 Å². The summed E-state index contributed by atoms with van der Waals surface area (Å²) in [5.41, 5.74) is 2.60. The van der Waals surface area contributed by atoms with Crippen LogP contribution >= 0.6 is 0 Å². The highest BCUT2D eigenvalue weighted by molar-refractivity contribution is 7.89. The van der Waals surface area contributed by atoms with Gasteiger partial charge in [0.05, 0.1) is 37.9 Å². The molecule has 180 valence electrons. The van der Waals surface area contributed by atoms with Gasteiger partial charge in [0.1, 0.15) is 0 Å². The van der Waals surface area contributed by atoms with Crippen molar-refractivity contribution >= 4 is 21.6 Å². The van der Waals surface area contributed by atoms with Crippen LogP contribution in [-0.2, 0) is 42.1 Å². The van der Waals surface area contributed by atoms with Gasteiger partial charge >= 0.3 is 0 Å². The average Bonchev–Trinajstić information content (AvgIpc) is 2.84. The molecule has 1 saturated heterocycles. The summed E-state index contributed by atoms with van der Waals surface area (Å²) in [6, 6.07) is 14.3. The minimum atomic E-state index is -3.51. The third-order valence-electron chi connectivity index (χ3n) is 5.23. The lowest BCUT2D eigenvalue weighted by Gasteiger charge is -2.26. The molecule has 1 heterocycles. The van der Waals surface area contributed by atoms with Crippen LogP contribution in [0.25, 0.3) is 0 Å². The molecule has 1 amide bonds. The fourth-order valence-corrected chi connectivity index (χ4v) is 4.84. The predicted octanol–water partition coefficient (Wildman–Crippen LogP) is 2.83. The van der Waals surface area contributed by atoms with Crippen LogP contribution in [0.1, 0.15) is 24.5 Å². The van der Waals surface area contributed by atoms with Gasteiger partial charge in [-0.05, 0) is 48.7 Å². The molecule has 0 saturated carbocycles. The Morgan fingerprint density at radius 3 is 2.48 bits per heavy atom. The summed E-state index contributed by atoms with van der Waals surface area (Å²) in [6.45, 7) is 5.71. The van der Waals surface area contributed by atoms with Gasteiger partial charge < -0.3 is 19.5 Å². The first-order chi connectivity index (χ1) is 16.0. The third-order valence-corrected chi connectivity index (χ3v) is 7.14. The van der Waals surface area contributed by atoms with Crippen LogP contribution in [0.3, 0.4) is 0 Å². The monoisotopic (exact) mass is 476 g/mol. The second kappa shape index (κ2) is 12.8. The molecule has 2 aromatic carbocycles. The van der Waals surface area contributed by atoms with Crippen molar-refractivity contribution in [3.05, 3.63) is 59.7 Å². The Bertz CT molecular complexity index is 988. The van der Waals surface area contributed by atoms with Gasteiger partial charge in [0, 0.05) is 31.8 Å². The van der Waals surface area contributed by atoms with Crippen molar-refractivity contribution in [2.45, 2.75) is 31.3 Å². The first-order valence-corrected chi connectivity index (χ1v) is 12.6. The van der Waals surface area contributed by atoms with Crippen molar-refractivity contribution in [3.8, 4) is 0 Å². The summed E-state index contributed by atoms with van der Waals surface area (Å²) < 4.78 is 42.9. The van der Waals surface area contributed by atoms with Crippen LogP contribution in [-0.4, -0.2) is 64.8 Å². The first kappa shape index (κ1) is 25.3. The van der Waals surface area contributed by atoms with Gasteiger partial charge in [-0.2, -0.15) is 4.31 Å². The number of aryl methyl sites for hydroxylation is 1. The Labute approximate surface area is 195 Å². The molecule has 0 bridgehead atoms. The Balaban J connectivity index is 1.46. The summed E-state index contributed by atoms with van der Waals surface area (Å²) in [7, 11) is -3.51. The number of morpholine rings is 1. The smallest absolute Gasteiger partial charge is 0.243 e. The maximum absolute atomic E-state index is 12.7. The number of amides is 1. The zero-order valence-electron chi connectivity index (χ0n) is 19.0. The number of rotatable bonds is 12. The number of nitrogens with zero attached hydrogens (tertiary/aromatic N) is 1. The van der Waals surface area contributed by atoms with E-state index in [4.69, 9.17) is 14.2 Å². The number of benzene rings is 2. The minimum Gasteiger partial charge on any atom is -0.379 e. The van der Waals surface area contributed by atoms with Crippen LogP contribution in [0.4, 0.5) is 5.69 Å². The Hall–Kier alpha value is -2.30. The van der Waals surface area contributed by atoms with E-state index in [1.54, 1.807) is 24.3 Å². The summed E-state index contributed by atoms with van der Waals surface area (Å²) in [6.07, 6.45) is 0.814. The van der Waals surface area contributed by atoms with Gasteiger partial charge in [0.25, 0.3) is 0 Å². The number of carbonyl (C=O) groups is 1. The SMILES string of the molecule is CCOCCOCc1cccc(NC(=O)CCc2ccc(S(=O)(=O)N3CCOCC3)cc2)c1. The molecule has 1 aliphatic rings. The van der Waals surface area contributed by atoms with Gasteiger partial charge in [0.2, 0.25) is 15.9 Å². The van der Waals surface area contributed by atoms with Crippen molar-refractivity contribution in [3.63, 3.8) is 0 Å². The maximum Gasteiger partial charge on any atom is 0.243 e. The molecule has 0 aromatic heterocycles. The fourth-order valence-electron chi connectivity index (χ4n) is 3.44. The average molecular weight is 477 g/mol. The van der Waals surface area contributed by atoms with Gasteiger partial charge in [-0.25, -0.2) is 8.42 Å². The minimum absolute atomic E-state index is 0.102. The number of hydrogen-bond acceptors (Lipinski definition) is 6. The summed E-state index contributed by atoms with van der Waals surface area (Å²) >= 11 is 0. The van der Waals surface area contributed by atoms with Crippen LogP contribution in [0.5, 0.6) is 0 Å². The van der Waals surface area contributed by atoms with Crippen LogP contribution in [0, 0.1) is 0 Å². The summed E-state index contributed by atoms with van der Waals surface area (Å²) in [4.78, 5) is 12.7. The van der Waals surface area contributed by atoms with Crippen molar-refractivity contribution in [1.29, 1.82) is 0 Å².